The van der Waals surface area contributed by atoms with Gasteiger partial charge in [-0.25, -0.2) is 0 Å². The van der Waals surface area contributed by atoms with Crippen molar-refractivity contribution in [1.82, 2.24) is 5.32 Å². The van der Waals surface area contributed by atoms with Crippen molar-refractivity contribution in [2.75, 3.05) is 25.0 Å². The Morgan fingerprint density at radius 3 is 2.55 bits per heavy atom. The number of nitrogens with one attached hydrogen (secondary N) is 2. The van der Waals surface area contributed by atoms with Gasteiger partial charge in [0, 0.05) is 25.1 Å². The molecule has 0 aromatic heterocycles. The van der Waals surface area contributed by atoms with E-state index >= 15 is 0 Å². The molecule has 0 aliphatic carbocycles. The topological polar surface area (TPSA) is 111 Å². The summed E-state index contributed by atoms with van der Waals surface area (Å²) >= 11 is 0. The lowest BCUT2D eigenvalue weighted by Crippen LogP contribution is -2.30. The molecule has 0 atom stereocenters. The van der Waals surface area contributed by atoms with Gasteiger partial charge in [0.25, 0.3) is 5.91 Å². The van der Waals surface area contributed by atoms with E-state index in [4.69, 9.17) is 10.5 Å². The third kappa shape index (κ3) is 7.93. The van der Waals surface area contributed by atoms with Crippen LogP contribution in [0.2, 0.25) is 0 Å². The van der Waals surface area contributed by atoms with Crippen molar-refractivity contribution in [3.63, 3.8) is 0 Å². The molecule has 0 aliphatic rings. The molecular formula is C21H26ClN3O4. The number of ketones is 1. The van der Waals surface area contributed by atoms with E-state index in [-0.39, 0.29) is 36.4 Å². The van der Waals surface area contributed by atoms with Crippen LogP contribution in [-0.4, -0.2) is 37.3 Å². The number of hydrogen-bond acceptors (Lipinski definition) is 5. The molecule has 0 spiro atoms. The first-order valence-corrected chi connectivity index (χ1v) is 9.12. The van der Waals surface area contributed by atoms with Gasteiger partial charge in [-0.05, 0) is 37.6 Å². The number of ether oxygens (including phenoxy) is 1. The number of nitrogens with two attached hydrogens (primary N) is 1. The van der Waals surface area contributed by atoms with Gasteiger partial charge in [-0.3, -0.25) is 14.4 Å². The highest BCUT2D eigenvalue weighted by Crippen LogP contribution is 2.16. The van der Waals surface area contributed by atoms with Gasteiger partial charge >= 0.3 is 0 Å². The first kappa shape index (κ1) is 24.1. The number of carbonyl (C=O) groups excluding carboxylic acids is 3. The van der Waals surface area contributed by atoms with E-state index in [1.165, 1.54) is 6.92 Å². The van der Waals surface area contributed by atoms with E-state index in [9.17, 15) is 14.4 Å². The van der Waals surface area contributed by atoms with Gasteiger partial charge in [-0.15, -0.1) is 12.4 Å². The van der Waals surface area contributed by atoms with Gasteiger partial charge in [0.05, 0.1) is 17.9 Å². The number of carbonyl (C=O) groups is 3. The second-order valence-corrected chi connectivity index (χ2v) is 6.17. The summed E-state index contributed by atoms with van der Waals surface area (Å²) in [6.45, 7) is 2.55. The minimum absolute atomic E-state index is 0. The lowest BCUT2D eigenvalue weighted by Gasteiger charge is -2.11. The van der Waals surface area contributed by atoms with Crippen molar-refractivity contribution in [1.29, 1.82) is 0 Å². The molecule has 0 radical (unpaired) electrons. The summed E-state index contributed by atoms with van der Waals surface area (Å²) in [6, 6.07) is 13.7. The molecular weight excluding hydrogens is 394 g/mol. The van der Waals surface area contributed by atoms with Crippen molar-refractivity contribution >= 4 is 35.7 Å². The molecule has 0 saturated carbocycles. The zero-order valence-corrected chi connectivity index (χ0v) is 17.1. The van der Waals surface area contributed by atoms with Crippen molar-refractivity contribution in [2.24, 2.45) is 5.73 Å². The van der Waals surface area contributed by atoms with Crippen molar-refractivity contribution in [3.05, 3.63) is 59.7 Å². The Kier molecular flexibility index (Phi) is 10.4. The molecule has 8 heteroatoms. The van der Waals surface area contributed by atoms with E-state index in [0.717, 1.165) is 0 Å². The zero-order chi connectivity index (χ0) is 20.4. The van der Waals surface area contributed by atoms with Crippen LogP contribution < -0.4 is 21.1 Å². The SMILES string of the molecule is CC(=O)c1cccc(OCCCC(=O)Nc2ccccc2C(=O)NCCN)c1.Cl. The summed E-state index contributed by atoms with van der Waals surface area (Å²) in [5.41, 5.74) is 6.82. The van der Waals surface area contributed by atoms with E-state index < -0.39 is 0 Å². The molecule has 2 rings (SSSR count). The van der Waals surface area contributed by atoms with E-state index in [2.05, 4.69) is 10.6 Å². The fourth-order valence-electron chi connectivity index (χ4n) is 2.51. The Labute approximate surface area is 176 Å². The standard InChI is InChI=1S/C21H25N3O4.ClH/c1-15(25)16-6-4-7-17(14-16)28-13-5-10-20(26)24-19-9-3-2-8-18(19)21(27)23-12-11-22;/h2-4,6-9,14H,5,10-13,22H2,1H3,(H,23,27)(H,24,26);1H. The highest BCUT2D eigenvalue weighted by molar-refractivity contribution is 6.03. The first-order chi connectivity index (χ1) is 13.5. The Bertz CT molecular complexity index is 842. The van der Waals surface area contributed by atoms with Gasteiger partial charge in [-0.1, -0.05) is 24.3 Å². The number of halogens is 1. The number of amides is 2. The normalized spacial score (nSPS) is 9.86. The summed E-state index contributed by atoms with van der Waals surface area (Å²) in [4.78, 5) is 35.7. The number of anilines is 1. The Balaban J connectivity index is 0.00000420. The average Bonchev–Trinajstić information content (AvgIpc) is 2.70. The number of Topliss-reactive ketones (excluding diaryl/α,β-unsaturated/α-hetero) is 1. The molecule has 0 heterocycles. The monoisotopic (exact) mass is 419 g/mol. The minimum atomic E-state index is -0.282. The predicted molar refractivity (Wildman–Crippen MR) is 115 cm³/mol. The molecule has 0 bridgehead atoms. The van der Waals surface area contributed by atoms with Crippen molar-refractivity contribution < 1.29 is 19.1 Å². The maximum absolute atomic E-state index is 12.2. The minimum Gasteiger partial charge on any atom is -0.494 e. The maximum atomic E-state index is 12.2. The Morgan fingerprint density at radius 2 is 1.83 bits per heavy atom. The number of benzene rings is 2. The van der Waals surface area contributed by atoms with Gasteiger partial charge in [-0.2, -0.15) is 0 Å². The molecule has 0 fully saturated rings. The molecule has 2 amide bonds. The molecule has 4 N–H and O–H groups in total. The van der Waals surface area contributed by atoms with Crippen LogP contribution in [-0.2, 0) is 4.79 Å². The lowest BCUT2D eigenvalue weighted by molar-refractivity contribution is -0.116. The lowest BCUT2D eigenvalue weighted by atomic mass is 10.1. The van der Waals surface area contributed by atoms with Gasteiger partial charge in [0.15, 0.2) is 5.78 Å². The van der Waals surface area contributed by atoms with Crippen molar-refractivity contribution in [3.8, 4) is 5.75 Å². The smallest absolute Gasteiger partial charge is 0.253 e. The zero-order valence-electron chi connectivity index (χ0n) is 16.3. The van der Waals surface area contributed by atoms with Crippen LogP contribution in [0.1, 0.15) is 40.5 Å². The predicted octanol–water partition coefficient (Wildman–Crippen LogP) is 2.80. The highest BCUT2D eigenvalue weighted by Gasteiger charge is 2.12. The fourth-order valence-corrected chi connectivity index (χ4v) is 2.51. The molecule has 29 heavy (non-hydrogen) atoms. The largest absolute Gasteiger partial charge is 0.494 e. The fraction of sp³-hybridized carbons (Fsp3) is 0.286. The summed E-state index contributed by atoms with van der Waals surface area (Å²) in [5.74, 6) is 0.0734. The summed E-state index contributed by atoms with van der Waals surface area (Å²) in [7, 11) is 0. The van der Waals surface area contributed by atoms with E-state index in [1.54, 1.807) is 48.5 Å². The van der Waals surface area contributed by atoms with Crippen LogP contribution in [0.25, 0.3) is 0 Å². The maximum Gasteiger partial charge on any atom is 0.253 e. The molecule has 0 aliphatic heterocycles. The Hall–Kier alpha value is -2.90. The average molecular weight is 420 g/mol. The highest BCUT2D eigenvalue weighted by atomic mass is 35.5. The number of para-hydroxylation sites is 1. The summed E-state index contributed by atoms with van der Waals surface area (Å²) in [5, 5.41) is 5.45. The van der Waals surface area contributed by atoms with Crippen LogP contribution in [0.5, 0.6) is 5.75 Å². The van der Waals surface area contributed by atoms with Crippen LogP contribution in [0.4, 0.5) is 5.69 Å². The molecule has 0 saturated heterocycles. The molecule has 156 valence electrons. The third-order valence-electron chi connectivity index (χ3n) is 3.93. The van der Waals surface area contributed by atoms with Crippen LogP contribution in [0, 0.1) is 0 Å². The quantitative estimate of drug-likeness (QED) is 0.405. The Morgan fingerprint density at radius 1 is 1.07 bits per heavy atom. The second-order valence-electron chi connectivity index (χ2n) is 6.17. The van der Waals surface area contributed by atoms with Crippen LogP contribution in [0.3, 0.4) is 0 Å². The van der Waals surface area contributed by atoms with Crippen LogP contribution in [0.15, 0.2) is 48.5 Å². The van der Waals surface area contributed by atoms with Crippen molar-refractivity contribution in [2.45, 2.75) is 19.8 Å². The third-order valence-corrected chi connectivity index (χ3v) is 3.93. The van der Waals surface area contributed by atoms with Crippen LogP contribution >= 0.6 is 12.4 Å². The second kappa shape index (κ2) is 12.5. The molecule has 0 unspecified atom stereocenters. The molecule has 2 aromatic carbocycles. The van der Waals surface area contributed by atoms with E-state index in [0.29, 0.717) is 48.7 Å². The molecule has 7 nitrogen and oxygen atoms in total. The van der Waals surface area contributed by atoms with Gasteiger partial charge in [0.1, 0.15) is 5.75 Å². The summed E-state index contributed by atoms with van der Waals surface area (Å²) < 4.78 is 5.60. The van der Waals surface area contributed by atoms with Gasteiger partial charge in [0.2, 0.25) is 5.91 Å². The number of hydrogen-bond donors (Lipinski definition) is 3. The van der Waals surface area contributed by atoms with E-state index in [1.807, 2.05) is 0 Å². The first-order valence-electron chi connectivity index (χ1n) is 9.12. The van der Waals surface area contributed by atoms with Gasteiger partial charge < -0.3 is 21.1 Å². The molecule has 2 aromatic rings. The summed E-state index contributed by atoms with van der Waals surface area (Å²) in [6.07, 6.45) is 0.739. The number of rotatable bonds is 10.